The molecule has 0 bridgehead atoms. The zero-order chi connectivity index (χ0) is 19.3. The molecule has 0 saturated carbocycles. The molecular weight excluding hydrogens is 368 g/mol. The Labute approximate surface area is 164 Å². The second-order valence-corrected chi connectivity index (χ2v) is 9.07. The summed E-state index contributed by atoms with van der Waals surface area (Å²) in [5, 5.41) is 1.04. The van der Waals surface area contributed by atoms with Crippen molar-refractivity contribution in [3.63, 3.8) is 0 Å². The van der Waals surface area contributed by atoms with Gasteiger partial charge in [-0.15, -0.1) is 0 Å². The Morgan fingerprint density at radius 2 is 1.54 bits per heavy atom. The predicted molar refractivity (Wildman–Crippen MR) is 112 cm³/mol. The highest BCUT2D eigenvalue weighted by atomic mass is 32.2. The van der Waals surface area contributed by atoms with E-state index in [1.807, 2.05) is 61.5 Å². The second kappa shape index (κ2) is 6.24. The lowest BCUT2D eigenvalue weighted by Gasteiger charge is -2.19. The van der Waals surface area contributed by atoms with Gasteiger partial charge in [-0.1, -0.05) is 66.2 Å². The van der Waals surface area contributed by atoms with Crippen LogP contribution in [0.15, 0.2) is 89.8 Å². The Morgan fingerprint density at radius 1 is 0.857 bits per heavy atom. The fourth-order valence-corrected chi connectivity index (χ4v) is 5.46. The zero-order valence-corrected chi connectivity index (χ0v) is 16.3. The van der Waals surface area contributed by atoms with Crippen molar-refractivity contribution in [2.75, 3.05) is 10.8 Å². The highest BCUT2D eigenvalue weighted by molar-refractivity contribution is 7.92. The molecule has 5 rings (SSSR count). The molecule has 0 spiro atoms. The first kappa shape index (κ1) is 17.1. The Bertz CT molecular complexity index is 1260. The minimum absolute atomic E-state index is 0.0590. The molecule has 0 aliphatic carbocycles. The van der Waals surface area contributed by atoms with Crippen molar-refractivity contribution in [2.24, 2.45) is 0 Å². The van der Waals surface area contributed by atoms with Gasteiger partial charge in [0.2, 0.25) is 0 Å². The molecule has 1 unspecified atom stereocenters. The minimum Gasteiger partial charge on any atom is -0.317 e. The molecule has 4 nitrogen and oxygen atoms in total. The van der Waals surface area contributed by atoms with E-state index in [2.05, 4.69) is 22.8 Å². The molecule has 5 heteroatoms. The van der Waals surface area contributed by atoms with Gasteiger partial charge in [-0.2, -0.15) is 0 Å². The van der Waals surface area contributed by atoms with Gasteiger partial charge < -0.3 is 4.57 Å². The summed E-state index contributed by atoms with van der Waals surface area (Å²) in [6, 6.07) is 27.1. The van der Waals surface area contributed by atoms with Crippen LogP contribution in [0.5, 0.6) is 0 Å². The van der Waals surface area contributed by atoms with Gasteiger partial charge in [0.25, 0.3) is 10.0 Å². The van der Waals surface area contributed by atoms with Crippen molar-refractivity contribution in [3.05, 3.63) is 96.1 Å². The monoisotopic (exact) mass is 388 g/mol. The van der Waals surface area contributed by atoms with E-state index < -0.39 is 10.0 Å². The van der Waals surface area contributed by atoms with Crippen LogP contribution in [-0.4, -0.2) is 19.5 Å². The molecule has 1 aromatic heterocycles. The van der Waals surface area contributed by atoms with Gasteiger partial charge in [-0.05, 0) is 36.8 Å². The summed E-state index contributed by atoms with van der Waals surface area (Å²) in [5.74, 6) is 0.718. The molecule has 2 heterocycles. The van der Waals surface area contributed by atoms with Crippen LogP contribution < -0.4 is 4.31 Å². The molecule has 1 aliphatic heterocycles. The van der Waals surface area contributed by atoms with Gasteiger partial charge >= 0.3 is 0 Å². The number of aromatic nitrogens is 1. The molecule has 0 saturated heterocycles. The smallest absolute Gasteiger partial charge is 0.265 e. The lowest BCUT2D eigenvalue weighted by Crippen LogP contribution is -2.30. The topological polar surface area (TPSA) is 42.3 Å². The molecule has 0 N–H and O–H groups in total. The Balaban J connectivity index is 1.71. The van der Waals surface area contributed by atoms with Crippen LogP contribution in [0.2, 0.25) is 0 Å². The van der Waals surface area contributed by atoms with Gasteiger partial charge in [0.15, 0.2) is 0 Å². The fourth-order valence-electron chi connectivity index (χ4n) is 4.00. The number of nitrogens with zero attached hydrogens (tertiary/aromatic N) is 2. The van der Waals surface area contributed by atoms with Gasteiger partial charge in [0.05, 0.1) is 23.0 Å². The maximum absolute atomic E-state index is 13.5. The standard InChI is InChI=1S/C23H20N2O2S/c1-17-11-13-20(14-12-17)28(26,27)24-16-22(18-7-3-2-4-8-18)25-21-10-6-5-9-19(21)15-23(24)25/h2-15,22H,16H2,1H3. The van der Waals surface area contributed by atoms with Crippen LogP contribution in [0.3, 0.4) is 0 Å². The van der Waals surface area contributed by atoms with E-state index >= 15 is 0 Å². The summed E-state index contributed by atoms with van der Waals surface area (Å²) in [6.45, 7) is 2.34. The van der Waals surface area contributed by atoms with Crippen molar-refractivity contribution in [1.29, 1.82) is 0 Å². The van der Waals surface area contributed by atoms with E-state index in [0.717, 1.165) is 27.8 Å². The molecule has 1 aliphatic rings. The number of benzene rings is 3. The second-order valence-electron chi connectivity index (χ2n) is 7.21. The summed E-state index contributed by atoms with van der Waals surface area (Å²) in [7, 11) is -3.64. The Morgan fingerprint density at radius 3 is 2.29 bits per heavy atom. The van der Waals surface area contributed by atoms with Crippen molar-refractivity contribution >= 4 is 26.7 Å². The third-order valence-corrected chi connectivity index (χ3v) is 7.21. The highest BCUT2D eigenvalue weighted by Crippen LogP contribution is 2.41. The largest absolute Gasteiger partial charge is 0.317 e. The number of hydrogen-bond acceptors (Lipinski definition) is 2. The van der Waals surface area contributed by atoms with E-state index in [4.69, 9.17) is 0 Å². The molecule has 0 amide bonds. The number of sulfonamides is 1. The molecule has 0 radical (unpaired) electrons. The summed E-state index contributed by atoms with van der Waals surface area (Å²) in [4.78, 5) is 0.323. The number of rotatable bonds is 3. The van der Waals surface area contributed by atoms with Crippen molar-refractivity contribution in [3.8, 4) is 0 Å². The van der Waals surface area contributed by atoms with E-state index in [-0.39, 0.29) is 6.04 Å². The van der Waals surface area contributed by atoms with Crippen LogP contribution in [0.1, 0.15) is 17.2 Å². The van der Waals surface area contributed by atoms with Gasteiger partial charge in [0.1, 0.15) is 5.82 Å². The first-order valence-electron chi connectivity index (χ1n) is 9.30. The van der Waals surface area contributed by atoms with Gasteiger partial charge in [0, 0.05) is 5.39 Å². The minimum atomic E-state index is -3.64. The number of anilines is 1. The molecule has 0 fully saturated rings. The van der Waals surface area contributed by atoms with Crippen molar-refractivity contribution < 1.29 is 8.42 Å². The first-order valence-corrected chi connectivity index (χ1v) is 10.7. The molecular formula is C23H20N2O2S. The van der Waals surface area contributed by atoms with Crippen LogP contribution in [0.25, 0.3) is 10.9 Å². The molecule has 28 heavy (non-hydrogen) atoms. The fraction of sp³-hybridized carbons (Fsp3) is 0.130. The quantitative estimate of drug-likeness (QED) is 0.508. The van der Waals surface area contributed by atoms with Crippen LogP contribution >= 0.6 is 0 Å². The normalized spacial score (nSPS) is 16.5. The van der Waals surface area contributed by atoms with E-state index in [1.165, 1.54) is 0 Å². The van der Waals surface area contributed by atoms with Crippen LogP contribution in [0, 0.1) is 6.92 Å². The zero-order valence-electron chi connectivity index (χ0n) is 15.5. The number of para-hydroxylation sites is 1. The average Bonchev–Trinajstić information content (AvgIpc) is 3.26. The Kier molecular flexibility index (Phi) is 3.81. The summed E-state index contributed by atoms with van der Waals surface area (Å²) >= 11 is 0. The number of hydrogen-bond donors (Lipinski definition) is 0. The van der Waals surface area contributed by atoms with Crippen LogP contribution in [-0.2, 0) is 10.0 Å². The SMILES string of the molecule is Cc1ccc(S(=O)(=O)N2CC(c3ccccc3)n3c2cc2ccccc23)cc1. The third kappa shape index (κ3) is 2.54. The van der Waals surface area contributed by atoms with Gasteiger partial charge in [-0.25, -0.2) is 12.7 Å². The number of fused-ring (bicyclic) bond motifs is 3. The lowest BCUT2D eigenvalue weighted by molar-refractivity contribution is 0.589. The maximum atomic E-state index is 13.5. The predicted octanol–water partition coefficient (Wildman–Crippen LogP) is 4.75. The molecule has 140 valence electrons. The third-order valence-electron chi connectivity index (χ3n) is 5.43. The van der Waals surface area contributed by atoms with E-state index in [9.17, 15) is 8.42 Å². The van der Waals surface area contributed by atoms with Crippen molar-refractivity contribution in [2.45, 2.75) is 17.9 Å². The number of aryl methyl sites for hydroxylation is 1. The van der Waals surface area contributed by atoms with Crippen LogP contribution in [0.4, 0.5) is 5.82 Å². The molecule has 3 aromatic carbocycles. The summed E-state index contributed by atoms with van der Waals surface area (Å²) in [5.41, 5.74) is 3.19. The Hall–Kier alpha value is -3.05. The highest BCUT2D eigenvalue weighted by Gasteiger charge is 2.38. The summed E-state index contributed by atoms with van der Waals surface area (Å²) < 4.78 is 30.6. The van der Waals surface area contributed by atoms with E-state index in [0.29, 0.717) is 11.4 Å². The molecule has 1 atom stereocenters. The average molecular weight is 388 g/mol. The molecule has 4 aromatic rings. The van der Waals surface area contributed by atoms with E-state index in [1.54, 1.807) is 16.4 Å². The maximum Gasteiger partial charge on any atom is 0.265 e. The summed E-state index contributed by atoms with van der Waals surface area (Å²) in [6.07, 6.45) is 0. The van der Waals surface area contributed by atoms with Crippen molar-refractivity contribution in [1.82, 2.24) is 4.57 Å². The lowest BCUT2D eigenvalue weighted by atomic mass is 10.1. The van der Waals surface area contributed by atoms with Gasteiger partial charge in [-0.3, -0.25) is 0 Å². The first-order chi connectivity index (χ1) is 13.6.